The van der Waals surface area contributed by atoms with Gasteiger partial charge in [0.2, 0.25) is 5.89 Å². The normalized spacial score (nSPS) is 12.1. The predicted octanol–water partition coefficient (Wildman–Crippen LogP) is 6.98. The average Bonchev–Trinajstić information content (AvgIpc) is 3.55. The molecule has 0 bridgehead atoms. The number of ether oxygens (including phenoxy) is 1. The summed E-state index contributed by atoms with van der Waals surface area (Å²) in [6.45, 7) is 9.04. The van der Waals surface area contributed by atoms with Crippen LogP contribution in [0.1, 0.15) is 33.6 Å². The first-order valence-electron chi connectivity index (χ1n) is 12.9. The summed E-state index contributed by atoms with van der Waals surface area (Å²) in [6.07, 6.45) is 3.04. The van der Waals surface area contributed by atoms with Gasteiger partial charge in [-0.3, -0.25) is 4.57 Å². The number of benzene rings is 3. The molecule has 3 aromatic carbocycles. The molecule has 5 rings (SSSR count). The van der Waals surface area contributed by atoms with E-state index in [1.54, 1.807) is 19.3 Å². The smallest absolute Gasteiger partial charge is 0.418 e. The lowest BCUT2D eigenvalue weighted by atomic mass is 10.1. The molecule has 0 spiro atoms. The van der Waals surface area contributed by atoms with E-state index in [0.717, 1.165) is 20.0 Å². The van der Waals surface area contributed by atoms with Crippen molar-refractivity contribution in [3.63, 3.8) is 0 Å². The van der Waals surface area contributed by atoms with Crippen LogP contribution in [0.2, 0.25) is 5.04 Å². The van der Waals surface area contributed by atoms with Gasteiger partial charge in [0, 0.05) is 20.7 Å². The van der Waals surface area contributed by atoms with Crippen molar-refractivity contribution in [3.05, 3.63) is 101 Å². The second-order valence-corrected chi connectivity index (χ2v) is 15.8. The number of halogens is 1. The second-order valence-electron chi connectivity index (χ2n) is 10.3. The van der Waals surface area contributed by atoms with E-state index in [1.807, 2.05) is 30.3 Å². The standard InChI is InChI=1S/C31H31IN2O4Si/c1-5-36-30(35)34-20-24(29-25(32)17-12-18-26(29)34)27-19-33-28(38-27)21-37-39(31(2,3)4,22-13-8-6-9-14-22)23-15-10-7-11-16-23/h6-20H,5,21H2,1-4H3. The van der Waals surface area contributed by atoms with Crippen LogP contribution >= 0.6 is 22.6 Å². The quantitative estimate of drug-likeness (QED) is 0.141. The Labute approximate surface area is 243 Å². The summed E-state index contributed by atoms with van der Waals surface area (Å²) in [6, 6.07) is 26.8. The van der Waals surface area contributed by atoms with Crippen LogP contribution in [-0.4, -0.2) is 30.6 Å². The van der Waals surface area contributed by atoms with Crippen molar-refractivity contribution < 1.29 is 18.4 Å². The number of hydrogen-bond donors (Lipinski definition) is 0. The van der Waals surface area contributed by atoms with Crippen LogP contribution in [0.4, 0.5) is 4.79 Å². The Kier molecular flexibility index (Phi) is 7.79. The molecule has 0 N–H and O–H groups in total. The fraction of sp³-hybridized carbons (Fsp3) is 0.226. The number of fused-ring (bicyclic) bond motifs is 1. The van der Waals surface area contributed by atoms with Gasteiger partial charge in [0.15, 0.2) is 5.76 Å². The van der Waals surface area contributed by atoms with Crippen LogP contribution in [-0.2, 0) is 15.8 Å². The first-order chi connectivity index (χ1) is 18.8. The van der Waals surface area contributed by atoms with E-state index < -0.39 is 14.4 Å². The van der Waals surface area contributed by atoms with Crippen molar-refractivity contribution in [2.75, 3.05) is 6.61 Å². The summed E-state index contributed by atoms with van der Waals surface area (Å²) in [5.74, 6) is 1.06. The third-order valence-corrected chi connectivity index (χ3v) is 12.8. The number of oxazole rings is 1. The van der Waals surface area contributed by atoms with Gasteiger partial charge in [-0.05, 0) is 57.1 Å². The van der Waals surface area contributed by atoms with E-state index in [4.69, 9.17) is 13.6 Å². The monoisotopic (exact) mass is 650 g/mol. The summed E-state index contributed by atoms with van der Waals surface area (Å²) in [4.78, 5) is 17.3. The Morgan fingerprint density at radius 3 is 2.21 bits per heavy atom. The zero-order chi connectivity index (χ0) is 27.6. The number of carbonyl (C=O) groups is 1. The Hall–Kier alpha value is -3.21. The Bertz CT molecular complexity index is 1550. The molecule has 0 aliphatic rings. The van der Waals surface area contributed by atoms with E-state index >= 15 is 0 Å². The molecule has 6 nitrogen and oxygen atoms in total. The van der Waals surface area contributed by atoms with Crippen LogP contribution in [0.3, 0.4) is 0 Å². The summed E-state index contributed by atoms with van der Waals surface area (Å²) < 4.78 is 21.1. The molecule has 0 amide bonds. The van der Waals surface area contributed by atoms with E-state index in [1.165, 1.54) is 14.9 Å². The lowest BCUT2D eigenvalue weighted by molar-refractivity contribution is 0.155. The van der Waals surface area contributed by atoms with Gasteiger partial charge >= 0.3 is 6.09 Å². The Balaban J connectivity index is 1.54. The van der Waals surface area contributed by atoms with Gasteiger partial charge in [-0.25, -0.2) is 9.78 Å². The number of hydrogen-bond acceptors (Lipinski definition) is 5. The van der Waals surface area contributed by atoms with E-state index in [-0.39, 0.29) is 11.6 Å². The van der Waals surface area contributed by atoms with Crippen molar-refractivity contribution in [2.45, 2.75) is 39.3 Å². The molecule has 0 saturated carbocycles. The Morgan fingerprint density at radius 1 is 0.974 bits per heavy atom. The highest BCUT2D eigenvalue weighted by molar-refractivity contribution is 14.1. The average molecular weight is 651 g/mol. The lowest BCUT2D eigenvalue weighted by Crippen LogP contribution is -2.66. The number of rotatable bonds is 7. The molecule has 0 saturated heterocycles. The van der Waals surface area contributed by atoms with Gasteiger partial charge in [-0.15, -0.1) is 0 Å². The maximum atomic E-state index is 12.7. The van der Waals surface area contributed by atoms with Crippen molar-refractivity contribution in [1.82, 2.24) is 9.55 Å². The molecule has 0 aliphatic carbocycles. The molecule has 0 unspecified atom stereocenters. The SMILES string of the molecule is CCOC(=O)n1cc(-c2cnc(CO[Si](c3ccccc3)(c3ccccc3)C(C)(C)C)o2)c2c(I)cccc21. The largest absolute Gasteiger partial charge is 0.449 e. The van der Waals surface area contributed by atoms with Gasteiger partial charge < -0.3 is 13.6 Å². The molecule has 8 heteroatoms. The molecule has 0 fully saturated rings. The van der Waals surface area contributed by atoms with E-state index in [0.29, 0.717) is 18.3 Å². The molecule has 200 valence electrons. The number of nitrogens with zero attached hydrogens (tertiary/aromatic N) is 2. The number of carbonyl (C=O) groups excluding carboxylic acids is 1. The topological polar surface area (TPSA) is 66.5 Å². The van der Waals surface area contributed by atoms with Crippen molar-refractivity contribution in [3.8, 4) is 11.3 Å². The Morgan fingerprint density at radius 2 is 1.62 bits per heavy atom. The van der Waals surface area contributed by atoms with Gasteiger partial charge in [-0.2, -0.15) is 0 Å². The maximum Gasteiger partial charge on any atom is 0.418 e. The van der Waals surface area contributed by atoms with Gasteiger partial charge in [0.1, 0.15) is 6.61 Å². The number of aromatic nitrogens is 2. The molecule has 0 radical (unpaired) electrons. The van der Waals surface area contributed by atoms with E-state index in [9.17, 15) is 4.79 Å². The first kappa shape index (κ1) is 27.4. The molecule has 5 aromatic rings. The molecular formula is C31H31IN2O4Si. The van der Waals surface area contributed by atoms with Crippen molar-refractivity contribution in [2.24, 2.45) is 0 Å². The molecule has 2 heterocycles. The first-order valence-corrected chi connectivity index (χ1v) is 15.9. The molecule has 2 aromatic heterocycles. The fourth-order valence-corrected chi connectivity index (χ4v) is 10.5. The van der Waals surface area contributed by atoms with Crippen LogP contribution in [0.25, 0.3) is 22.2 Å². The van der Waals surface area contributed by atoms with Crippen molar-refractivity contribution in [1.29, 1.82) is 0 Å². The highest BCUT2D eigenvalue weighted by atomic mass is 127. The predicted molar refractivity (Wildman–Crippen MR) is 165 cm³/mol. The minimum atomic E-state index is -2.74. The lowest BCUT2D eigenvalue weighted by Gasteiger charge is -2.42. The molecule has 0 aliphatic heterocycles. The maximum absolute atomic E-state index is 12.7. The van der Waals surface area contributed by atoms with Gasteiger partial charge in [0.25, 0.3) is 8.32 Å². The van der Waals surface area contributed by atoms with Crippen molar-refractivity contribution >= 4 is 58.3 Å². The molecule has 0 atom stereocenters. The van der Waals surface area contributed by atoms with Crippen LogP contribution in [0.5, 0.6) is 0 Å². The highest BCUT2D eigenvalue weighted by Crippen LogP contribution is 2.38. The molecular weight excluding hydrogens is 619 g/mol. The molecule has 39 heavy (non-hydrogen) atoms. The summed E-state index contributed by atoms with van der Waals surface area (Å²) in [5.41, 5.74) is 1.55. The minimum absolute atomic E-state index is 0.158. The zero-order valence-corrected chi connectivity index (χ0v) is 25.6. The summed E-state index contributed by atoms with van der Waals surface area (Å²) in [5, 5.41) is 3.15. The van der Waals surface area contributed by atoms with Crippen LogP contribution < -0.4 is 10.4 Å². The summed E-state index contributed by atoms with van der Waals surface area (Å²) in [7, 11) is -2.74. The van der Waals surface area contributed by atoms with E-state index in [2.05, 4.69) is 96.9 Å². The second kappa shape index (κ2) is 11.1. The third kappa shape index (κ3) is 5.08. The summed E-state index contributed by atoms with van der Waals surface area (Å²) >= 11 is 2.28. The van der Waals surface area contributed by atoms with Gasteiger partial charge in [-0.1, -0.05) is 87.5 Å². The highest BCUT2D eigenvalue weighted by Gasteiger charge is 2.50. The van der Waals surface area contributed by atoms with Crippen LogP contribution in [0, 0.1) is 3.57 Å². The van der Waals surface area contributed by atoms with Gasteiger partial charge in [0.05, 0.1) is 18.3 Å². The fourth-order valence-electron chi connectivity index (χ4n) is 5.21. The van der Waals surface area contributed by atoms with Crippen LogP contribution in [0.15, 0.2) is 95.7 Å². The minimum Gasteiger partial charge on any atom is -0.449 e. The third-order valence-electron chi connectivity index (χ3n) is 6.89. The zero-order valence-electron chi connectivity index (χ0n) is 22.5.